The lowest BCUT2D eigenvalue weighted by atomic mass is 9.84. The van der Waals surface area contributed by atoms with Crippen molar-refractivity contribution >= 4 is 15.8 Å². The summed E-state index contributed by atoms with van der Waals surface area (Å²) in [5.41, 5.74) is 7.23. The van der Waals surface area contributed by atoms with Gasteiger partial charge in [0, 0.05) is 25.5 Å². The number of piperidine rings is 1. The van der Waals surface area contributed by atoms with E-state index in [1.807, 2.05) is 6.08 Å². The van der Waals surface area contributed by atoms with Gasteiger partial charge in [0.25, 0.3) is 0 Å². The van der Waals surface area contributed by atoms with E-state index >= 15 is 0 Å². The Kier molecular flexibility index (Phi) is 8.96. The van der Waals surface area contributed by atoms with E-state index in [0.717, 1.165) is 44.3 Å². The molecule has 1 heterocycles. The smallest absolute Gasteiger partial charge is 0.195 e. The van der Waals surface area contributed by atoms with Crippen LogP contribution >= 0.6 is 0 Å². The molecule has 166 valence electrons. The normalized spacial score (nSPS) is 17.6. The Labute approximate surface area is 181 Å². The van der Waals surface area contributed by atoms with E-state index in [1.54, 1.807) is 30.5 Å². The first-order valence-electron chi connectivity index (χ1n) is 10.6. The number of guanidine groups is 1. The topological polar surface area (TPSA) is 85.0 Å². The fourth-order valence-corrected chi connectivity index (χ4v) is 4.23. The van der Waals surface area contributed by atoms with Gasteiger partial charge in [-0.25, -0.2) is 13.4 Å². The van der Waals surface area contributed by atoms with Gasteiger partial charge in [-0.15, -0.1) is 0 Å². The second kappa shape index (κ2) is 11.2. The average molecular weight is 434 g/mol. The molecule has 2 rings (SSSR count). The summed E-state index contributed by atoms with van der Waals surface area (Å²) in [5, 5.41) is 0. The lowest BCUT2D eigenvalue weighted by Crippen LogP contribution is -2.43. The van der Waals surface area contributed by atoms with E-state index < -0.39 is 9.84 Å². The van der Waals surface area contributed by atoms with Gasteiger partial charge in [0.15, 0.2) is 15.8 Å². The number of ether oxygens (including phenoxy) is 1. The van der Waals surface area contributed by atoms with Crippen LogP contribution in [0, 0.1) is 11.8 Å². The molecule has 0 amide bonds. The number of benzene rings is 1. The molecular formula is C23H35N3O3S. The zero-order valence-corrected chi connectivity index (χ0v) is 19.2. The van der Waals surface area contributed by atoms with E-state index in [4.69, 9.17) is 10.5 Å². The lowest BCUT2D eigenvalue weighted by molar-refractivity contribution is 0.180. The fraction of sp³-hybridized carbons (Fsp3) is 0.522. The van der Waals surface area contributed by atoms with Crippen LogP contribution in [0.5, 0.6) is 5.75 Å². The molecule has 6 nitrogen and oxygen atoms in total. The van der Waals surface area contributed by atoms with E-state index in [1.165, 1.54) is 6.26 Å². The Morgan fingerprint density at radius 3 is 2.50 bits per heavy atom. The van der Waals surface area contributed by atoms with E-state index in [-0.39, 0.29) is 0 Å². The Bertz CT molecular complexity index is 852. The van der Waals surface area contributed by atoms with Crippen LogP contribution < -0.4 is 10.5 Å². The van der Waals surface area contributed by atoms with Crippen LogP contribution in [-0.2, 0) is 9.84 Å². The van der Waals surface area contributed by atoms with Crippen LogP contribution in [0.4, 0.5) is 0 Å². The van der Waals surface area contributed by atoms with Gasteiger partial charge in [0.1, 0.15) is 5.75 Å². The molecule has 1 aliphatic heterocycles. The molecule has 1 aromatic rings. The highest BCUT2D eigenvalue weighted by molar-refractivity contribution is 7.90. The Balaban J connectivity index is 1.76. The van der Waals surface area contributed by atoms with E-state index in [9.17, 15) is 8.42 Å². The zero-order chi connectivity index (χ0) is 22.1. The fourth-order valence-electron chi connectivity index (χ4n) is 3.60. The second-order valence-corrected chi connectivity index (χ2v) is 9.95. The number of hydrogen-bond donors (Lipinski definition) is 1. The van der Waals surface area contributed by atoms with Crippen LogP contribution in [0.25, 0.3) is 0 Å². The second-order valence-electron chi connectivity index (χ2n) is 7.93. The van der Waals surface area contributed by atoms with Crippen molar-refractivity contribution in [1.82, 2.24) is 4.90 Å². The maximum Gasteiger partial charge on any atom is 0.195 e. The van der Waals surface area contributed by atoms with Crippen LogP contribution in [-0.4, -0.2) is 45.2 Å². The van der Waals surface area contributed by atoms with E-state index in [0.29, 0.717) is 35.0 Å². The first-order chi connectivity index (χ1) is 14.2. The molecule has 1 saturated heterocycles. The van der Waals surface area contributed by atoms with Crippen LogP contribution in [0.1, 0.15) is 39.5 Å². The van der Waals surface area contributed by atoms with Gasteiger partial charge in [-0.2, -0.15) is 0 Å². The largest absolute Gasteiger partial charge is 0.494 e. The van der Waals surface area contributed by atoms with Gasteiger partial charge in [-0.1, -0.05) is 26.5 Å². The molecule has 0 saturated carbocycles. The number of nitrogens with two attached hydrogens (primary N) is 1. The maximum atomic E-state index is 11.5. The van der Waals surface area contributed by atoms with Gasteiger partial charge in [0.05, 0.1) is 11.5 Å². The molecule has 0 aliphatic carbocycles. The quantitative estimate of drug-likeness (QED) is 0.361. The van der Waals surface area contributed by atoms with Crippen molar-refractivity contribution in [3.05, 3.63) is 48.7 Å². The minimum absolute atomic E-state index is 0.309. The Morgan fingerprint density at radius 2 is 1.97 bits per heavy atom. The molecular weight excluding hydrogens is 398 g/mol. The predicted octanol–water partition coefficient (Wildman–Crippen LogP) is 4.00. The molecule has 1 fully saturated rings. The standard InChI is InChI=1S/C23H35N3O3S/c1-5-19(6-2)17-25-23(24)26-14-11-20(12-15-26)18(3)13-16-29-21-7-9-22(10-8-21)30(4,27)28/h5,7-10,17-18,20H,1,6,11-16H2,2-4H3,(H2,24,25)/b19-17+/t18-/m1/s1. The van der Waals surface area contributed by atoms with Crippen molar-refractivity contribution in [2.45, 2.75) is 44.4 Å². The Morgan fingerprint density at radius 1 is 1.33 bits per heavy atom. The molecule has 0 spiro atoms. The molecule has 0 bridgehead atoms. The summed E-state index contributed by atoms with van der Waals surface area (Å²) >= 11 is 0. The molecule has 1 aromatic carbocycles. The molecule has 2 N–H and O–H groups in total. The summed E-state index contributed by atoms with van der Waals surface area (Å²) in [6.45, 7) is 10.6. The SMILES string of the molecule is C=C/C(=C\N=C(/N)N1CCC([C@H](C)CCOc2ccc(S(C)(=O)=O)cc2)CC1)CC. The number of likely N-dealkylation sites (tertiary alicyclic amines) is 1. The average Bonchev–Trinajstić information content (AvgIpc) is 2.74. The van der Waals surface area contributed by atoms with Gasteiger partial charge in [-0.3, -0.25) is 0 Å². The first-order valence-corrected chi connectivity index (χ1v) is 12.5. The van der Waals surface area contributed by atoms with Crippen molar-refractivity contribution in [2.24, 2.45) is 22.6 Å². The van der Waals surface area contributed by atoms with Crippen LogP contribution in [0.15, 0.2) is 58.6 Å². The van der Waals surface area contributed by atoms with Crippen LogP contribution in [0.3, 0.4) is 0 Å². The number of rotatable bonds is 9. The maximum absolute atomic E-state index is 11.5. The summed E-state index contributed by atoms with van der Waals surface area (Å²) < 4.78 is 28.8. The van der Waals surface area contributed by atoms with Gasteiger partial charge < -0.3 is 15.4 Å². The van der Waals surface area contributed by atoms with Crippen molar-refractivity contribution in [2.75, 3.05) is 26.0 Å². The molecule has 7 heteroatoms. The third-order valence-electron chi connectivity index (χ3n) is 5.80. The summed E-state index contributed by atoms with van der Waals surface area (Å²) in [6.07, 6.45) is 8.85. The van der Waals surface area contributed by atoms with E-state index in [2.05, 4.69) is 30.3 Å². The monoisotopic (exact) mass is 433 g/mol. The highest BCUT2D eigenvalue weighted by Crippen LogP contribution is 2.27. The minimum Gasteiger partial charge on any atom is -0.494 e. The number of hydrogen-bond acceptors (Lipinski definition) is 4. The van der Waals surface area contributed by atoms with Crippen molar-refractivity contribution in [1.29, 1.82) is 0 Å². The highest BCUT2D eigenvalue weighted by Gasteiger charge is 2.24. The third-order valence-corrected chi connectivity index (χ3v) is 6.92. The molecule has 0 unspecified atom stereocenters. The summed E-state index contributed by atoms with van der Waals surface area (Å²) in [6, 6.07) is 6.60. The van der Waals surface area contributed by atoms with Gasteiger partial charge >= 0.3 is 0 Å². The molecule has 1 atom stereocenters. The van der Waals surface area contributed by atoms with Crippen LogP contribution in [0.2, 0.25) is 0 Å². The number of aliphatic imine (C=N–C) groups is 1. The minimum atomic E-state index is -3.17. The summed E-state index contributed by atoms with van der Waals surface area (Å²) in [5.74, 6) is 2.47. The van der Waals surface area contributed by atoms with Gasteiger partial charge in [0.2, 0.25) is 0 Å². The van der Waals surface area contributed by atoms with Gasteiger partial charge in [-0.05, 0) is 67.4 Å². The first kappa shape index (κ1) is 24.0. The third kappa shape index (κ3) is 7.20. The summed E-state index contributed by atoms with van der Waals surface area (Å²) in [7, 11) is -3.17. The molecule has 1 aliphatic rings. The van der Waals surface area contributed by atoms with Crippen molar-refractivity contribution in [3.63, 3.8) is 0 Å². The lowest BCUT2D eigenvalue weighted by Gasteiger charge is -2.35. The summed E-state index contributed by atoms with van der Waals surface area (Å²) in [4.78, 5) is 6.85. The Hall–Kier alpha value is -2.28. The van der Waals surface area contributed by atoms with Crippen molar-refractivity contribution in [3.8, 4) is 5.75 Å². The molecule has 0 aromatic heterocycles. The zero-order valence-electron chi connectivity index (χ0n) is 18.4. The molecule has 0 radical (unpaired) electrons. The molecule has 30 heavy (non-hydrogen) atoms. The number of allylic oxidation sites excluding steroid dienone is 2. The highest BCUT2D eigenvalue weighted by atomic mass is 32.2. The van der Waals surface area contributed by atoms with Crippen molar-refractivity contribution < 1.29 is 13.2 Å². The number of sulfone groups is 1. The predicted molar refractivity (Wildman–Crippen MR) is 123 cm³/mol. The number of nitrogens with zero attached hydrogens (tertiary/aromatic N) is 2.